The Kier molecular flexibility index (Phi) is 4.29. The van der Waals surface area contributed by atoms with Gasteiger partial charge in [-0.3, -0.25) is 9.78 Å². The third kappa shape index (κ3) is 3.01. The van der Waals surface area contributed by atoms with E-state index in [2.05, 4.69) is 16.0 Å². The van der Waals surface area contributed by atoms with Crippen LogP contribution in [0.3, 0.4) is 0 Å². The first-order valence-electron chi connectivity index (χ1n) is 8.92. The predicted octanol–water partition coefficient (Wildman–Crippen LogP) is 3.67. The lowest BCUT2D eigenvalue weighted by Crippen LogP contribution is -2.30. The zero-order valence-corrected chi connectivity index (χ0v) is 15.1. The number of fused-ring (bicyclic) bond motifs is 1. The van der Waals surface area contributed by atoms with Gasteiger partial charge in [-0.05, 0) is 42.7 Å². The summed E-state index contributed by atoms with van der Waals surface area (Å²) >= 11 is 0. The number of rotatable bonds is 3. The highest BCUT2D eigenvalue weighted by Crippen LogP contribution is 2.34. The largest absolute Gasteiger partial charge is 0.363 e. The van der Waals surface area contributed by atoms with Gasteiger partial charge in [0.1, 0.15) is 5.82 Å². The van der Waals surface area contributed by atoms with E-state index in [4.69, 9.17) is 0 Å². The molecule has 1 aromatic carbocycles. The summed E-state index contributed by atoms with van der Waals surface area (Å²) in [5, 5.41) is 0.993. The standard InChI is InChI=1S/C21H22N4O/c1-24(2)20-13-16(9-10-22-20)19-8-5-11-25(19)21(26)17-12-15-6-3-4-7-18(15)23-14-17/h3-4,6-7,9-10,12-14,19H,5,8,11H2,1-2H3. The number of likely N-dealkylation sites (tertiary alicyclic amines) is 1. The van der Waals surface area contributed by atoms with Crippen molar-refractivity contribution in [3.8, 4) is 0 Å². The Morgan fingerprint density at radius 2 is 2.00 bits per heavy atom. The molecule has 5 nitrogen and oxygen atoms in total. The summed E-state index contributed by atoms with van der Waals surface area (Å²) in [5.41, 5.74) is 2.70. The van der Waals surface area contributed by atoms with Crippen molar-refractivity contribution in [1.82, 2.24) is 14.9 Å². The zero-order valence-electron chi connectivity index (χ0n) is 15.1. The molecule has 2 aromatic heterocycles. The molecule has 0 saturated carbocycles. The van der Waals surface area contributed by atoms with E-state index in [0.717, 1.165) is 41.7 Å². The summed E-state index contributed by atoms with van der Waals surface area (Å²) in [6, 6.07) is 14.0. The lowest BCUT2D eigenvalue weighted by Gasteiger charge is -2.26. The van der Waals surface area contributed by atoms with Crippen LogP contribution in [0, 0.1) is 0 Å². The highest BCUT2D eigenvalue weighted by molar-refractivity contribution is 5.97. The molecule has 1 aliphatic rings. The SMILES string of the molecule is CN(C)c1cc(C2CCCN2C(=O)c2cnc3ccccc3c2)ccn1. The van der Waals surface area contributed by atoms with Gasteiger partial charge in [0.05, 0.1) is 17.1 Å². The first kappa shape index (κ1) is 16.5. The van der Waals surface area contributed by atoms with E-state index in [-0.39, 0.29) is 11.9 Å². The Morgan fingerprint density at radius 3 is 2.85 bits per heavy atom. The summed E-state index contributed by atoms with van der Waals surface area (Å²) in [6.07, 6.45) is 5.50. The highest BCUT2D eigenvalue weighted by Gasteiger charge is 2.31. The number of aromatic nitrogens is 2. The van der Waals surface area contributed by atoms with Gasteiger partial charge >= 0.3 is 0 Å². The average molecular weight is 346 g/mol. The minimum absolute atomic E-state index is 0.0500. The number of nitrogens with zero attached hydrogens (tertiary/aromatic N) is 4. The smallest absolute Gasteiger partial charge is 0.255 e. The van der Waals surface area contributed by atoms with E-state index < -0.39 is 0 Å². The quantitative estimate of drug-likeness (QED) is 0.726. The third-order valence-electron chi connectivity index (χ3n) is 4.96. The van der Waals surface area contributed by atoms with Crippen LogP contribution in [-0.2, 0) is 0 Å². The van der Waals surface area contributed by atoms with Crippen molar-refractivity contribution in [3.05, 3.63) is 66.0 Å². The fraction of sp³-hybridized carbons (Fsp3) is 0.286. The van der Waals surface area contributed by atoms with Crippen LogP contribution in [0.5, 0.6) is 0 Å². The molecular weight excluding hydrogens is 324 g/mol. The second kappa shape index (κ2) is 6.75. The molecule has 3 aromatic rings. The van der Waals surface area contributed by atoms with E-state index in [1.54, 1.807) is 6.20 Å². The summed E-state index contributed by atoms with van der Waals surface area (Å²) < 4.78 is 0. The Bertz CT molecular complexity index is 953. The average Bonchev–Trinajstić information content (AvgIpc) is 3.17. The van der Waals surface area contributed by atoms with Crippen LogP contribution < -0.4 is 4.90 Å². The molecule has 132 valence electrons. The maximum absolute atomic E-state index is 13.2. The summed E-state index contributed by atoms with van der Waals surface area (Å²) in [7, 11) is 3.95. The molecular formula is C21H22N4O. The van der Waals surface area contributed by atoms with Crippen molar-refractivity contribution >= 4 is 22.6 Å². The molecule has 3 heterocycles. The van der Waals surface area contributed by atoms with Crippen LogP contribution >= 0.6 is 0 Å². The van der Waals surface area contributed by atoms with Gasteiger partial charge in [-0.1, -0.05) is 18.2 Å². The van der Waals surface area contributed by atoms with Gasteiger partial charge in [0.25, 0.3) is 5.91 Å². The molecule has 1 unspecified atom stereocenters. The number of carbonyl (C=O) groups excluding carboxylic acids is 1. The molecule has 1 saturated heterocycles. The summed E-state index contributed by atoms with van der Waals surface area (Å²) in [5.74, 6) is 0.961. The lowest BCUT2D eigenvalue weighted by atomic mass is 10.0. The molecule has 26 heavy (non-hydrogen) atoms. The van der Waals surface area contributed by atoms with Crippen molar-refractivity contribution < 1.29 is 4.79 Å². The first-order chi connectivity index (χ1) is 12.6. The minimum Gasteiger partial charge on any atom is -0.363 e. The molecule has 4 rings (SSSR count). The number of hydrogen-bond acceptors (Lipinski definition) is 4. The van der Waals surface area contributed by atoms with Gasteiger partial charge in [-0.15, -0.1) is 0 Å². The second-order valence-corrected chi connectivity index (χ2v) is 6.92. The number of amides is 1. The third-order valence-corrected chi connectivity index (χ3v) is 4.96. The normalized spacial score (nSPS) is 16.8. The first-order valence-corrected chi connectivity index (χ1v) is 8.92. The van der Waals surface area contributed by atoms with Gasteiger partial charge in [-0.2, -0.15) is 0 Å². The molecule has 0 aliphatic carbocycles. The number of anilines is 1. The Morgan fingerprint density at radius 1 is 1.15 bits per heavy atom. The molecule has 0 bridgehead atoms. The maximum atomic E-state index is 13.2. The van der Waals surface area contributed by atoms with E-state index >= 15 is 0 Å². The zero-order chi connectivity index (χ0) is 18.1. The van der Waals surface area contributed by atoms with Crippen molar-refractivity contribution in [2.24, 2.45) is 0 Å². The Balaban J connectivity index is 1.65. The second-order valence-electron chi connectivity index (χ2n) is 6.92. The molecule has 0 radical (unpaired) electrons. The van der Waals surface area contributed by atoms with Crippen molar-refractivity contribution in [3.63, 3.8) is 0 Å². The van der Waals surface area contributed by atoms with Crippen LogP contribution in [0.2, 0.25) is 0 Å². The Hall–Kier alpha value is -2.95. The molecule has 1 amide bonds. The Labute approximate surface area is 153 Å². The van der Waals surface area contributed by atoms with Crippen LogP contribution in [0.1, 0.15) is 34.8 Å². The van der Waals surface area contributed by atoms with E-state index in [0.29, 0.717) is 5.56 Å². The van der Waals surface area contributed by atoms with Crippen LogP contribution in [0.4, 0.5) is 5.82 Å². The van der Waals surface area contributed by atoms with E-state index in [1.165, 1.54) is 0 Å². The topological polar surface area (TPSA) is 49.3 Å². The van der Waals surface area contributed by atoms with Gasteiger partial charge < -0.3 is 9.80 Å². The van der Waals surface area contributed by atoms with Crippen molar-refractivity contribution in [1.29, 1.82) is 0 Å². The fourth-order valence-electron chi connectivity index (χ4n) is 3.60. The molecule has 1 aliphatic heterocycles. The predicted molar refractivity (Wildman–Crippen MR) is 103 cm³/mol. The minimum atomic E-state index is 0.0500. The van der Waals surface area contributed by atoms with E-state index in [1.807, 2.05) is 66.5 Å². The number of benzene rings is 1. The maximum Gasteiger partial charge on any atom is 0.255 e. The number of pyridine rings is 2. The van der Waals surface area contributed by atoms with Gasteiger partial charge in [0, 0.05) is 38.4 Å². The van der Waals surface area contributed by atoms with E-state index in [9.17, 15) is 4.79 Å². The van der Waals surface area contributed by atoms with Crippen molar-refractivity contribution in [2.75, 3.05) is 25.5 Å². The van der Waals surface area contributed by atoms with Gasteiger partial charge in [0.2, 0.25) is 0 Å². The molecule has 0 spiro atoms. The number of para-hydroxylation sites is 1. The fourth-order valence-corrected chi connectivity index (χ4v) is 3.60. The van der Waals surface area contributed by atoms with Crippen molar-refractivity contribution in [2.45, 2.75) is 18.9 Å². The molecule has 5 heteroatoms. The highest BCUT2D eigenvalue weighted by atomic mass is 16.2. The van der Waals surface area contributed by atoms with Crippen LogP contribution in [-0.4, -0.2) is 41.4 Å². The summed E-state index contributed by atoms with van der Waals surface area (Å²) in [4.78, 5) is 25.9. The summed E-state index contributed by atoms with van der Waals surface area (Å²) in [6.45, 7) is 0.774. The van der Waals surface area contributed by atoms with Crippen LogP contribution in [0.15, 0.2) is 54.9 Å². The van der Waals surface area contributed by atoms with Crippen LogP contribution in [0.25, 0.3) is 10.9 Å². The number of hydrogen-bond donors (Lipinski definition) is 0. The molecule has 1 fully saturated rings. The molecule has 0 N–H and O–H groups in total. The van der Waals surface area contributed by atoms with Gasteiger partial charge in [-0.25, -0.2) is 4.98 Å². The lowest BCUT2D eigenvalue weighted by molar-refractivity contribution is 0.0735. The monoisotopic (exact) mass is 346 g/mol. The van der Waals surface area contributed by atoms with Gasteiger partial charge in [0.15, 0.2) is 0 Å². The molecule has 1 atom stereocenters. The number of carbonyl (C=O) groups is 1.